The Kier molecular flexibility index (Phi) is 8.32. The maximum atomic E-state index is 13.3. The summed E-state index contributed by atoms with van der Waals surface area (Å²) in [6.45, 7) is 4.31. The number of ether oxygens (including phenoxy) is 1. The van der Waals surface area contributed by atoms with Gasteiger partial charge in [0.05, 0.1) is 4.90 Å². The molecule has 0 saturated carbocycles. The molecule has 2 aromatic carbocycles. The summed E-state index contributed by atoms with van der Waals surface area (Å²) < 4.78 is 32.0. The third-order valence-corrected chi connectivity index (χ3v) is 10.1. The number of amides is 2. The van der Waals surface area contributed by atoms with Gasteiger partial charge in [0.25, 0.3) is 11.8 Å². The highest BCUT2D eigenvalue weighted by Gasteiger charge is 2.54. The Morgan fingerprint density at radius 3 is 2.32 bits per heavy atom. The third kappa shape index (κ3) is 5.97. The highest BCUT2D eigenvalue weighted by Crippen LogP contribution is 2.40. The Morgan fingerprint density at radius 2 is 1.71 bits per heavy atom. The largest absolute Gasteiger partial charge is 0.484 e. The topological polar surface area (TPSA) is 133 Å². The van der Waals surface area contributed by atoms with Gasteiger partial charge in [0, 0.05) is 29.6 Å². The Hall–Kier alpha value is -3.51. The molecule has 0 aliphatic carbocycles. The van der Waals surface area contributed by atoms with Gasteiger partial charge in [-0.3, -0.25) is 14.5 Å². The Morgan fingerprint density at radius 1 is 1.08 bits per heavy atom. The Balaban J connectivity index is 1.61. The number of carbonyl (C=O) groups is 3. The van der Waals surface area contributed by atoms with Gasteiger partial charge >= 0.3 is 5.97 Å². The Bertz CT molecular complexity index is 1340. The molecule has 2 atom stereocenters. The second-order valence-electron chi connectivity index (χ2n) is 9.04. The standard InChI is InChI=1S/C26H29N3O7S2/c1-17-10-12-20(13-11-17)38(34,35)37-25-22(27-21(30)16-36-19-8-4-3-5-9-19)24(31)29(25)23(26(32)33)18(2)28-14-6-7-15-28/h3-5,8-13,22,25H,6-7,14-16H2,1-2H3,(H,27,30)(H,32,33)/b23-18+. The summed E-state index contributed by atoms with van der Waals surface area (Å²) in [5.41, 5.74) is 0.953. The predicted molar refractivity (Wildman–Crippen MR) is 142 cm³/mol. The summed E-state index contributed by atoms with van der Waals surface area (Å²) in [7, 11) is -3.57. The number of β-lactam (4-membered cyclic amide) rings is 1. The molecule has 4 rings (SSSR count). The molecule has 0 spiro atoms. The number of benzene rings is 2. The number of hydrogen-bond donors (Lipinski definition) is 2. The van der Waals surface area contributed by atoms with Crippen molar-refractivity contribution in [3.8, 4) is 5.75 Å². The monoisotopic (exact) mass is 559 g/mol. The van der Waals surface area contributed by atoms with Crippen LogP contribution in [0.3, 0.4) is 0 Å². The van der Waals surface area contributed by atoms with Gasteiger partial charge in [0.1, 0.15) is 22.9 Å². The van der Waals surface area contributed by atoms with Gasteiger partial charge in [0.15, 0.2) is 6.61 Å². The summed E-state index contributed by atoms with van der Waals surface area (Å²) >= 11 is 0. The molecule has 2 amide bonds. The van der Waals surface area contributed by atoms with E-state index in [-0.39, 0.29) is 10.6 Å². The first-order chi connectivity index (χ1) is 18.1. The molecule has 0 bridgehead atoms. The van der Waals surface area contributed by atoms with Gasteiger partial charge in [-0.1, -0.05) is 35.9 Å². The molecular formula is C26H29N3O7S2. The molecule has 2 aromatic rings. The fourth-order valence-corrected chi connectivity index (χ4v) is 7.81. The number of nitrogens with one attached hydrogen (secondary N) is 1. The van der Waals surface area contributed by atoms with Crippen molar-refractivity contribution in [3.63, 3.8) is 0 Å². The van der Waals surface area contributed by atoms with Gasteiger partial charge in [-0.15, -0.1) is 0 Å². The zero-order valence-electron chi connectivity index (χ0n) is 21.0. The number of allylic oxidation sites excluding steroid dienone is 1. The van der Waals surface area contributed by atoms with Crippen molar-refractivity contribution in [3.05, 3.63) is 71.6 Å². The fraction of sp³-hybridized carbons (Fsp3) is 0.346. The van der Waals surface area contributed by atoms with E-state index in [2.05, 4.69) is 5.32 Å². The van der Waals surface area contributed by atoms with Crippen LogP contribution in [0.25, 0.3) is 0 Å². The van der Waals surface area contributed by atoms with Crippen LogP contribution in [0.5, 0.6) is 5.75 Å². The first-order valence-electron chi connectivity index (χ1n) is 12.1. The number of para-hydroxylation sites is 1. The molecule has 2 N–H and O–H groups in total. The molecule has 0 aromatic heterocycles. The number of carboxylic acids is 1. The van der Waals surface area contributed by atoms with Crippen LogP contribution in [0.1, 0.15) is 25.3 Å². The van der Waals surface area contributed by atoms with Crippen LogP contribution in [0.2, 0.25) is 0 Å². The van der Waals surface area contributed by atoms with Crippen LogP contribution >= 0.6 is 10.8 Å². The molecule has 2 heterocycles. The lowest BCUT2D eigenvalue weighted by atomic mass is 10.0. The van der Waals surface area contributed by atoms with Crippen molar-refractivity contribution in [2.24, 2.45) is 0 Å². The second kappa shape index (κ2) is 11.5. The van der Waals surface area contributed by atoms with Gasteiger partial charge < -0.3 is 20.1 Å². The molecule has 202 valence electrons. The van der Waals surface area contributed by atoms with Gasteiger partial charge in [0.2, 0.25) is 8.87 Å². The number of carboxylic acid groups (broad SMARTS) is 1. The summed E-state index contributed by atoms with van der Waals surface area (Å²) in [6, 6.07) is 13.6. The minimum Gasteiger partial charge on any atom is -0.484 e. The molecule has 2 fully saturated rings. The zero-order chi connectivity index (χ0) is 27.4. The lowest BCUT2D eigenvalue weighted by Crippen LogP contribution is -2.70. The van der Waals surface area contributed by atoms with E-state index >= 15 is 0 Å². The quantitative estimate of drug-likeness (QED) is 0.256. The number of nitrogens with zero attached hydrogens (tertiary/aromatic N) is 2. The molecule has 0 radical (unpaired) electrons. The molecule has 12 heteroatoms. The number of aliphatic carboxylic acids is 1. The van der Waals surface area contributed by atoms with Crippen molar-refractivity contribution in [2.45, 2.75) is 43.0 Å². The number of rotatable bonds is 10. The number of likely N-dealkylation sites (tertiary alicyclic amines) is 2. The van der Waals surface area contributed by atoms with E-state index in [1.165, 1.54) is 12.1 Å². The van der Waals surface area contributed by atoms with Crippen LogP contribution in [-0.2, 0) is 23.3 Å². The van der Waals surface area contributed by atoms with Crippen molar-refractivity contribution < 1.29 is 32.6 Å². The van der Waals surface area contributed by atoms with E-state index in [1.807, 2.05) is 11.8 Å². The van der Waals surface area contributed by atoms with E-state index in [0.29, 0.717) is 35.3 Å². The van der Waals surface area contributed by atoms with Crippen molar-refractivity contribution in [1.29, 1.82) is 0 Å². The van der Waals surface area contributed by atoms with Gasteiger partial charge in [-0.05, 0) is 51.0 Å². The first-order valence-corrected chi connectivity index (χ1v) is 15.0. The zero-order valence-corrected chi connectivity index (χ0v) is 22.6. The van der Waals surface area contributed by atoms with Crippen molar-refractivity contribution in [2.75, 3.05) is 19.7 Å². The van der Waals surface area contributed by atoms with Gasteiger partial charge in [-0.2, -0.15) is 0 Å². The van der Waals surface area contributed by atoms with Crippen LogP contribution < -0.4 is 10.1 Å². The maximum absolute atomic E-state index is 13.3. The highest BCUT2D eigenvalue weighted by atomic mass is 33.1. The van der Waals surface area contributed by atoms with Gasteiger partial charge in [-0.25, -0.2) is 13.2 Å². The molecular weight excluding hydrogens is 530 g/mol. The van der Waals surface area contributed by atoms with Crippen LogP contribution in [0.4, 0.5) is 0 Å². The molecule has 2 aliphatic rings. The average molecular weight is 560 g/mol. The van der Waals surface area contributed by atoms with E-state index in [4.69, 9.17) is 4.74 Å². The molecule has 2 unspecified atom stereocenters. The average Bonchev–Trinajstić information content (AvgIpc) is 3.44. The first kappa shape index (κ1) is 27.5. The lowest BCUT2D eigenvalue weighted by molar-refractivity contribution is -0.150. The number of aryl methyl sites for hydroxylation is 1. The van der Waals surface area contributed by atoms with Crippen LogP contribution in [-0.4, -0.2) is 72.2 Å². The smallest absolute Gasteiger partial charge is 0.354 e. The SMILES string of the molecule is C/C(=C(/C(=O)O)N1C(=O)C(NC(=O)COc2ccccc2)C1SS(=O)(=O)c1ccc(C)cc1)N1CCCC1. The maximum Gasteiger partial charge on any atom is 0.354 e. The predicted octanol–water partition coefficient (Wildman–Crippen LogP) is 2.56. The second-order valence-corrected chi connectivity index (χ2v) is 13.0. The summed E-state index contributed by atoms with van der Waals surface area (Å²) in [5.74, 6) is -2.24. The highest BCUT2D eigenvalue weighted by molar-refractivity contribution is 8.72. The fourth-order valence-electron chi connectivity index (χ4n) is 4.34. The van der Waals surface area contributed by atoms with Crippen molar-refractivity contribution in [1.82, 2.24) is 15.1 Å². The van der Waals surface area contributed by atoms with E-state index in [1.54, 1.807) is 49.4 Å². The number of hydrogen-bond acceptors (Lipinski definition) is 8. The van der Waals surface area contributed by atoms with Crippen LogP contribution in [0, 0.1) is 6.92 Å². The van der Waals surface area contributed by atoms with E-state index in [9.17, 15) is 27.9 Å². The third-order valence-electron chi connectivity index (χ3n) is 6.37. The molecule has 38 heavy (non-hydrogen) atoms. The molecule has 2 saturated heterocycles. The summed E-state index contributed by atoms with van der Waals surface area (Å²) in [4.78, 5) is 41.1. The Labute approximate surface area is 225 Å². The molecule has 10 nitrogen and oxygen atoms in total. The normalized spacial score (nSPS) is 20.0. The van der Waals surface area contributed by atoms with E-state index in [0.717, 1.165) is 23.3 Å². The minimum atomic E-state index is -4.01. The molecule has 2 aliphatic heterocycles. The lowest BCUT2D eigenvalue weighted by Gasteiger charge is -2.46. The van der Waals surface area contributed by atoms with E-state index < -0.39 is 44.7 Å². The van der Waals surface area contributed by atoms with Crippen molar-refractivity contribution >= 4 is 37.4 Å². The number of carbonyl (C=O) groups excluding carboxylic acids is 2. The minimum absolute atomic E-state index is 0.0157. The summed E-state index contributed by atoms with van der Waals surface area (Å²) in [5, 5.41) is 11.4. The summed E-state index contributed by atoms with van der Waals surface area (Å²) in [6.07, 6.45) is 1.77. The van der Waals surface area contributed by atoms with Crippen LogP contribution in [0.15, 0.2) is 70.9 Å².